The van der Waals surface area contributed by atoms with Gasteiger partial charge in [0.15, 0.2) is 5.82 Å². The number of nitrogens with zero attached hydrogens (tertiary/aromatic N) is 6. The lowest BCUT2D eigenvalue weighted by Gasteiger charge is -2.22. The van der Waals surface area contributed by atoms with Crippen molar-refractivity contribution in [3.05, 3.63) is 71.5 Å². The summed E-state index contributed by atoms with van der Waals surface area (Å²) in [4.78, 5) is 26.7. The van der Waals surface area contributed by atoms with Crippen molar-refractivity contribution in [1.29, 1.82) is 5.26 Å². The van der Waals surface area contributed by atoms with Gasteiger partial charge in [-0.05, 0) is 47.2 Å². The molecule has 0 radical (unpaired) electrons. The van der Waals surface area contributed by atoms with Crippen LogP contribution < -0.4 is 5.32 Å². The molecule has 2 heterocycles. The minimum absolute atomic E-state index is 0.0710. The van der Waals surface area contributed by atoms with Crippen LogP contribution in [-0.4, -0.2) is 37.0 Å². The number of carbonyl (C=O) groups excluding carboxylic acids is 2. The summed E-state index contributed by atoms with van der Waals surface area (Å²) in [5.41, 5.74) is 0.568. The zero-order valence-electron chi connectivity index (χ0n) is 14.9. The summed E-state index contributed by atoms with van der Waals surface area (Å²) in [6, 6.07) is 17.3. The number of tetrazole rings is 1. The summed E-state index contributed by atoms with van der Waals surface area (Å²) in [7, 11) is 0. The SMILES string of the molecule is C[C@]1(c2ccc(C#N)cc2)NC(=O)N(Cc2nnnn2-c2ccccc2)C1=O. The number of nitriles is 1. The number of amides is 3. The third kappa shape index (κ3) is 2.77. The van der Waals surface area contributed by atoms with E-state index in [-0.39, 0.29) is 6.54 Å². The second-order valence-electron chi connectivity index (χ2n) is 6.48. The molecule has 0 spiro atoms. The van der Waals surface area contributed by atoms with E-state index in [1.54, 1.807) is 31.2 Å². The van der Waals surface area contributed by atoms with Crippen molar-refractivity contribution >= 4 is 11.9 Å². The first-order chi connectivity index (χ1) is 13.5. The first kappa shape index (κ1) is 17.4. The highest BCUT2D eigenvalue weighted by Gasteiger charge is 2.49. The third-order valence-electron chi connectivity index (χ3n) is 4.70. The molecule has 1 N–H and O–H groups in total. The van der Waals surface area contributed by atoms with E-state index in [1.807, 2.05) is 36.4 Å². The van der Waals surface area contributed by atoms with E-state index < -0.39 is 17.5 Å². The van der Waals surface area contributed by atoms with Crippen molar-refractivity contribution in [2.75, 3.05) is 0 Å². The van der Waals surface area contributed by atoms with Gasteiger partial charge in [0, 0.05) is 0 Å². The minimum atomic E-state index is -1.23. The molecule has 0 aliphatic carbocycles. The number of hydrogen-bond donors (Lipinski definition) is 1. The molecule has 1 atom stereocenters. The number of urea groups is 1. The molecule has 9 heteroatoms. The molecule has 1 saturated heterocycles. The molecule has 138 valence electrons. The summed E-state index contributed by atoms with van der Waals surface area (Å²) in [6.45, 7) is 1.56. The first-order valence-electron chi connectivity index (χ1n) is 8.50. The van der Waals surface area contributed by atoms with Crippen LogP contribution in [-0.2, 0) is 16.9 Å². The van der Waals surface area contributed by atoms with E-state index in [0.717, 1.165) is 10.6 Å². The summed E-state index contributed by atoms with van der Waals surface area (Å²) < 4.78 is 1.48. The molecule has 1 aliphatic heterocycles. The first-order valence-corrected chi connectivity index (χ1v) is 8.50. The Balaban J connectivity index is 1.62. The van der Waals surface area contributed by atoms with Crippen molar-refractivity contribution in [1.82, 2.24) is 30.4 Å². The summed E-state index contributed by atoms with van der Waals surface area (Å²) in [5.74, 6) is -0.0522. The van der Waals surface area contributed by atoms with E-state index >= 15 is 0 Å². The number of rotatable bonds is 4. The van der Waals surface area contributed by atoms with E-state index in [1.165, 1.54) is 4.68 Å². The molecule has 3 aromatic rings. The Morgan fingerprint density at radius 1 is 1.11 bits per heavy atom. The molecule has 0 unspecified atom stereocenters. The van der Waals surface area contributed by atoms with Gasteiger partial charge in [0.2, 0.25) is 0 Å². The lowest BCUT2D eigenvalue weighted by Crippen LogP contribution is -2.40. The van der Waals surface area contributed by atoms with E-state index in [9.17, 15) is 9.59 Å². The van der Waals surface area contributed by atoms with Crippen LogP contribution in [0, 0.1) is 11.3 Å². The van der Waals surface area contributed by atoms with Crippen LogP contribution in [0.25, 0.3) is 5.69 Å². The fraction of sp³-hybridized carbons (Fsp3) is 0.158. The highest BCUT2D eigenvalue weighted by atomic mass is 16.2. The van der Waals surface area contributed by atoms with Crippen molar-refractivity contribution in [3.8, 4) is 11.8 Å². The largest absolute Gasteiger partial charge is 0.325 e. The van der Waals surface area contributed by atoms with Gasteiger partial charge < -0.3 is 5.32 Å². The molecule has 4 rings (SSSR count). The highest BCUT2D eigenvalue weighted by molar-refractivity contribution is 6.07. The van der Waals surface area contributed by atoms with Gasteiger partial charge in [-0.3, -0.25) is 9.69 Å². The maximum absolute atomic E-state index is 13.1. The zero-order chi connectivity index (χ0) is 19.7. The summed E-state index contributed by atoms with van der Waals surface area (Å²) >= 11 is 0. The number of para-hydroxylation sites is 1. The Hall–Kier alpha value is -4.06. The van der Waals surface area contributed by atoms with Gasteiger partial charge in [-0.25, -0.2) is 4.79 Å². The van der Waals surface area contributed by atoms with Crippen LogP contribution in [0.15, 0.2) is 54.6 Å². The summed E-state index contributed by atoms with van der Waals surface area (Å²) in [6.07, 6.45) is 0. The molecule has 28 heavy (non-hydrogen) atoms. The molecular formula is C19H15N7O2. The molecule has 2 aromatic carbocycles. The lowest BCUT2D eigenvalue weighted by molar-refractivity contribution is -0.131. The molecule has 1 fully saturated rings. The van der Waals surface area contributed by atoms with Gasteiger partial charge in [0.25, 0.3) is 5.91 Å². The zero-order valence-corrected chi connectivity index (χ0v) is 14.9. The number of imide groups is 1. The normalized spacial score (nSPS) is 18.8. The van der Waals surface area contributed by atoms with Gasteiger partial charge >= 0.3 is 6.03 Å². The lowest BCUT2D eigenvalue weighted by atomic mass is 9.91. The quantitative estimate of drug-likeness (QED) is 0.693. The van der Waals surface area contributed by atoms with Crippen molar-refractivity contribution < 1.29 is 9.59 Å². The Morgan fingerprint density at radius 2 is 1.82 bits per heavy atom. The predicted molar refractivity (Wildman–Crippen MR) is 96.7 cm³/mol. The number of aromatic nitrogens is 4. The molecule has 1 aromatic heterocycles. The molecule has 1 aliphatic rings. The molecule has 0 saturated carbocycles. The molecular weight excluding hydrogens is 358 g/mol. The van der Waals surface area contributed by atoms with Crippen LogP contribution >= 0.6 is 0 Å². The number of benzene rings is 2. The van der Waals surface area contributed by atoms with Crippen molar-refractivity contribution in [3.63, 3.8) is 0 Å². The van der Waals surface area contributed by atoms with Crippen LogP contribution in [0.5, 0.6) is 0 Å². The van der Waals surface area contributed by atoms with Gasteiger partial charge in [0.05, 0.1) is 23.9 Å². The molecule has 3 amide bonds. The fourth-order valence-corrected chi connectivity index (χ4v) is 3.13. The maximum Gasteiger partial charge on any atom is 0.325 e. The maximum atomic E-state index is 13.1. The Morgan fingerprint density at radius 3 is 2.50 bits per heavy atom. The Bertz CT molecular complexity index is 1090. The second kappa shape index (κ2) is 6.59. The highest BCUT2D eigenvalue weighted by Crippen LogP contribution is 2.29. The van der Waals surface area contributed by atoms with E-state index in [0.29, 0.717) is 17.0 Å². The third-order valence-corrected chi connectivity index (χ3v) is 4.70. The van der Waals surface area contributed by atoms with Gasteiger partial charge in [-0.15, -0.1) is 5.10 Å². The average Bonchev–Trinajstić information content (AvgIpc) is 3.28. The van der Waals surface area contributed by atoms with Crippen LogP contribution in [0.2, 0.25) is 0 Å². The smallest absolute Gasteiger partial charge is 0.319 e. The van der Waals surface area contributed by atoms with Crippen molar-refractivity contribution in [2.24, 2.45) is 0 Å². The van der Waals surface area contributed by atoms with Crippen molar-refractivity contribution in [2.45, 2.75) is 19.0 Å². The van der Waals surface area contributed by atoms with E-state index in [4.69, 9.17) is 5.26 Å². The summed E-state index contributed by atoms with van der Waals surface area (Å²) in [5, 5.41) is 23.2. The van der Waals surface area contributed by atoms with Gasteiger partial charge in [-0.1, -0.05) is 30.3 Å². The average molecular weight is 373 g/mol. The molecule has 9 nitrogen and oxygen atoms in total. The van der Waals surface area contributed by atoms with Crippen LogP contribution in [0.3, 0.4) is 0 Å². The van der Waals surface area contributed by atoms with Gasteiger partial charge in [0.1, 0.15) is 5.54 Å². The van der Waals surface area contributed by atoms with Gasteiger partial charge in [-0.2, -0.15) is 9.94 Å². The predicted octanol–water partition coefficient (Wildman–Crippen LogP) is 1.50. The fourth-order valence-electron chi connectivity index (χ4n) is 3.13. The molecule has 0 bridgehead atoms. The number of nitrogens with one attached hydrogen (secondary N) is 1. The standard InChI is InChI=1S/C19H15N7O2/c1-19(14-9-7-13(11-20)8-10-14)17(27)25(18(28)21-19)12-16-22-23-24-26(16)15-5-3-2-4-6-15/h2-10H,12H2,1H3,(H,21,28)/t19-/m1/s1. The Kier molecular flexibility index (Phi) is 4.08. The minimum Gasteiger partial charge on any atom is -0.319 e. The van der Waals surface area contributed by atoms with Crippen LogP contribution in [0.1, 0.15) is 23.9 Å². The van der Waals surface area contributed by atoms with Crippen LogP contribution in [0.4, 0.5) is 4.79 Å². The topological polar surface area (TPSA) is 117 Å². The monoisotopic (exact) mass is 373 g/mol. The number of carbonyl (C=O) groups is 2. The van der Waals surface area contributed by atoms with E-state index in [2.05, 4.69) is 20.8 Å². The number of hydrogen-bond acceptors (Lipinski definition) is 6. The second-order valence-corrected chi connectivity index (χ2v) is 6.48. The Labute approximate surface area is 160 Å².